The minimum absolute atomic E-state index is 0.0406. The van der Waals surface area contributed by atoms with E-state index in [1.807, 2.05) is 36.4 Å². The van der Waals surface area contributed by atoms with Gasteiger partial charge in [0.05, 0.1) is 22.0 Å². The van der Waals surface area contributed by atoms with E-state index in [9.17, 15) is 9.18 Å². The average molecular weight is 501 g/mol. The van der Waals surface area contributed by atoms with Gasteiger partial charge in [0.15, 0.2) is 0 Å². The molecule has 0 saturated carbocycles. The number of amides is 1. The number of carbonyl (C=O) groups excluding carboxylic acids is 1. The van der Waals surface area contributed by atoms with E-state index in [-0.39, 0.29) is 23.8 Å². The Morgan fingerprint density at radius 3 is 2.74 bits per heavy atom. The highest BCUT2D eigenvalue weighted by Crippen LogP contribution is 2.27. The number of hydrogen-bond donors (Lipinski definition) is 1. The van der Waals surface area contributed by atoms with Crippen LogP contribution in [0.15, 0.2) is 70.9 Å². The summed E-state index contributed by atoms with van der Waals surface area (Å²) < 4.78 is 20.2. The van der Waals surface area contributed by atoms with Crippen LogP contribution in [0, 0.1) is 5.82 Å². The lowest BCUT2D eigenvalue weighted by molar-refractivity contribution is -0.118. The van der Waals surface area contributed by atoms with Crippen LogP contribution in [0.3, 0.4) is 0 Å². The summed E-state index contributed by atoms with van der Waals surface area (Å²) in [6, 6.07) is 15.7. The van der Waals surface area contributed by atoms with Crippen LogP contribution in [0.2, 0.25) is 5.02 Å². The molecule has 3 aromatic rings. The Labute approximate surface area is 208 Å². The molecule has 0 saturated heterocycles. The van der Waals surface area contributed by atoms with Gasteiger partial charge in [0.1, 0.15) is 18.2 Å². The fraction of sp³-hybridized carbons (Fsp3) is 0.240. The van der Waals surface area contributed by atoms with Crippen molar-refractivity contribution < 1.29 is 13.9 Å². The quantitative estimate of drug-likeness (QED) is 0.213. The van der Waals surface area contributed by atoms with Gasteiger partial charge in [-0.2, -0.15) is 5.10 Å². The third kappa shape index (κ3) is 7.20. The molecular weight excluding hydrogens is 475 g/mol. The molecule has 1 aromatic heterocycles. The fourth-order valence-electron chi connectivity index (χ4n) is 3.14. The molecule has 6 nitrogen and oxygen atoms in total. The van der Waals surface area contributed by atoms with E-state index < -0.39 is 5.82 Å². The summed E-state index contributed by atoms with van der Waals surface area (Å²) in [6.07, 6.45) is 3.18. The number of ether oxygens (including phenoxy) is 1. The topological polar surface area (TPSA) is 66.8 Å². The van der Waals surface area contributed by atoms with Crippen LogP contribution >= 0.6 is 23.4 Å². The highest BCUT2D eigenvalue weighted by molar-refractivity contribution is 7.99. The number of hydrazone groups is 1. The summed E-state index contributed by atoms with van der Waals surface area (Å²) in [6.45, 7) is 5.74. The van der Waals surface area contributed by atoms with Crippen LogP contribution in [0.4, 0.5) is 10.1 Å². The lowest BCUT2D eigenvalue weighted by atomic mass is 10.1. The molecular formula is C25H26ClFN4O2S. The van der Waals surface area contributed by atoms with E-state index >= 15 is 0 Å². The first-order valence-electron chi connectivity index (χ1n) is 10.8. The van der Waals surface area contributed by atoms with Gasteiger partial charge in [0.2, 0.25) is 5.91 Å². The Hall–Kier alpha value is -3.10. The number of nitrogens with zero attached hydrogens (tertiary/aromatic N) is 3. The summed E-state index contributed by atoms with van der Waals surface area (Å²) in [5.41, 5.74) is 4.40. The first-order valence-corrected chi connectivity index (χ1v) is 12.2. The zero-order valence-corrected chi connectivity index (χ0v) is 20.6. The minimum atomic E-state index is -0.430. The van der Waals surface area contributed by atoms with Crippen molar-refractivity contribution in [3.8, 4) is 5.75 Å². The van der Waals surface area contributed by atoms with Crippen LogP contribution in [0.25, 0.3) is 0 Å². The van der Waals surface area contributed by atoms with Gasteiger partial charge in [-0.1, -0.05) is 35.5 Å². The van der Waals surface area contributed by atoms with E-state index in [4.69, 9.17) is 16.3 Å². The minimum Gasteiger partial charge on any atom is -0.488 e. The summed E-state index contributed by atoms with van der Waals surface area (Å²) in [7, 11) is 0. The van der Waals surface area contributed by atoms with E-state index in [1.54, 1.807) is 18.3 Å². The van der Waals surface area contributed by atoms with Crippen LogP contribution in [0.5, 0.6) is 5.75 Å². The molecule has 3 rings (SSSR count). The van der Waals surface area contributed by atoms with Crippen molar-refractivity contribution in [2.24, 2.45) is 5.10 Å². The van der Waals surface area contributed by atoms with Gasteiger partial charge in [-0.15, -0.1) is 0 Å². The molecule has 0 aliphatic carbocycles. The third-order valence-electron chi connectivity index (χ3n) is 4.94. The SMILES string of the molecule is CCN(CC)c1ccc(/C=N\NC(=O)CSc2ccccn2)c(OCc2c(F)cccc2Cl)c1. The molecule has 9 heteroatoms. The van der Waals surface area contributed by atoms with Crippen molar-refractivity contribution in [2.45, 2.75) is 25.5 Å². The summed E-state index contributed by atoms with van der Waals surface area (Å²) in [5.74, 6) is 0.00170. The molecule has 0 atom stereocenters. The normalized spacial score (nSPS) is 10.9. The molecule has 34 heavy (non-hydrogen) atoms. The van der Waals surface area contributed by atoms with Crippen molar-refractivity contribution >= 4 is 41.2 Å². The largest absolute Gasteiger partial charge is 0.488 e. The van der Waals surface area contributed by atoms with Gasteiger partial charge in [0.25, 0.3) is 0 Å². The van der Waals surface area contributed by atoms with Gasteiger partial charge in [-0.25, -0.2) is 14.8 Å². The first kappa shape index (κ1) is 25.5. The van der Waals surface area contributed by atoms with E-state index in [2.05, 4.69) is 34.3 Å². The number of halogens is 2. The molecule has 0 radical (unpaired) electrons. The van der Waals surface area contributed by atoms with Crippen LogP contribution in [-0.4, -0.2) is 35.9 Å². The molecule has 0 aliphatic rings. The maximum Gasteiger partial charge on any atom is 0.250 e. The lowest BCUT2D eigenvalue weighted by Gasteiger charge is -2.22. The third-order valence-corrected chi connectivity index (χ3v) is 6.24. The van der Waals surface area contributed by atoms with E-state index in [1.165, 1.54) is 24.0 Å². The van der Waals surface area contributed by atoms with Crippen LogP contribution < -0.4 is 15.1 Å². The zero-order chi connectivity index (χ0) is 24.3. The number of hydrogen-bond acceptors (Lipinski definition) is 6. The van der Waals surface area contributed by atoms with Crippen molar-refractivity contribution in [2.75, 3.05) is 23.7 Å². The summed E-state index contributed by atoms with van der Waals surface area (Å²) in [5, 5.41) is 5.13. The Morgan fingerprint density at radius 1 is 1.21 bits per heavy atom. The van der Waals surface area contributed by atoms with Crippen molar-refractivity contribution in [1.29, 1.82) is 0 Å². The summed E-state index contributed by atoms with van der Waals surface area (Å²) in [4.78, 5) is 18.5. The fourth-order valence-corrected chi connectivity index (χ4v) is 4.01. The molecule has 2 aromatic carbocycles. The standard InChI is InChI=1S/C25H26ClFN4O2S/c1-3-31(4-2)19-12-11-18(15-29-30-24(32)17-34-25-10-5-6-13-28-25)23(14-19)33-16-20-21(26)8-7-9-22(20)27/h5-15H,3-4,16-17H2,1-2H3,(H,30,32)/b29-15-. The molecule has 0 spiro atoms. The molecule has 0 unspecified atom stereocenters. The maximum atomic E-state index is 14.2. The number of anilines is 1. The average Bonchev–Trinajstić information content (AvgIpc) is 2.85. The Kier molecular flexibility index (Phi) is 9.73. The summed E-state index contributed by atoms with van der Waals surface area (Å²) >= 11 is 7.47. The molecule has 0 bridgehead atoms. The second-order valence-corrected chi connectivity index (χ2v) is 8.54. The number of carbonyl (C=O) groups is 1. The van der Waals surface area contributed by atoms with Crippen LogP contribution in [0.1, 0.15) is 25.0 Å². The molecule has 1 N–H and O–H groups in total. The Bertz CT molecular complexity index is 1110. The van der Waals surface area contributed by atoms with E-state index in [0.717, 1.165) is 23.8 Å². The van der Waals surface area contributed by atoms with Crippen molar-refractivity contribution in [3.05, 3.63) is 82.8 Å². The Balaban J connectivity index is 1.72. The number of pyridine rings is 1. The maximum absolute atomic E-state index is 14.2. The number of thioether (sulfide) groups is 1. The lowest BCUT2D eigenvalue weighted by Crippen LogP contribution is -2.22. The van der Waals surface area contributed by atoms with Crippen LogP contribution in [-0.2, 0) is 11.4 Å². The first-order chi connectivity index (χ1) is 16.5. The van der Waals surface area contributed by atoms with Gasteiger partial charge < -0.3 is 9.64 Å². The van der Waals surface area contributed by atoms with Gasteiger partial charge in [-0.05, 0) is 50.2 Å². The predicted molar refractivity (Wildman–Crippen MR) is 136 cm³/mol. The molecule has 178 valence electrons. The number of rotatable bonds is 11. The molecule has 1 amide bonds. The monoisotopic (exact) mass is 500 g/mol. The van der Waals surface area contributed by atoms with E-state index in [0.29, 0.717) is 16.3 Å². The molecule has 0 aliphatic heterocycles. The highest BCUT2D eigenvalue weighted by atomic mass is 35.5. The molecule has 1 heterocycles. The van der Waals surface area contributed by atoms with Crippen molar-refractivity contribution in [3.63, 3.8) is 0 Å². The van der Waals surface area contributed by atoms with Crippen molar-refractivity contribution in [1.82, 2.24) is 10.4 Å². The highest BCUT2D eigenvalue weighted by Gasteiger charge is 2.12. The van der Waals surface area contributed by atoms with Gasteiger partial charge in [-0.3, -0.25) is 4.79 Å². The second-order valence-electron chi connectivity index (χ2n) is 7.13. The number of aromatic nitrogens is 1. The van der Waals surface area contributed by atoms with Gasteiger partial charge in [0, 0.05) is 42.2 Å². The zero-order valence-electron chi connectivity index (χ0n) is 19.0. The second kappa shape index (κ2) is 13.0. The molecule has 0 fully saturated rings. The predicted octanol–water partition coefficient (Wildman–Crippen LogP) is 5.54. The smallest absolute Gasteiger partial charge is 0.250 e. The Morgan fingerprint density at radius 2 is 2.03 bits per heavy atom. The van der Waals surface area contributed by atoms with Gasteiger partial charge >= 0.3 is 0 Å². The number of benzene rings is 2. The number of nitrogens with one attached hydrogen (secondary N) is 1.